The maximum absolute atomic E-state index is 12.9. The van der Waals surface area contributed by atoms with E-state index in [-0.39, 0.29) is 6.09 Å². The van der Waals surface area contributed by atoms with Gasteiger partial charge in [-0.3, -0.25) is 10.2 Å². The zero-order chi connectivity index (χ0) is 32.9. The van der Waals surface area contributed by atoms with Gasteiger partial charge in [0.05, 0.1) is 5.69 Å². The van der Waals surface area contributed by atoms with Gasteiger partial charge in [0.1, 0.15) is 5.60 Å². The highest BCUT2D eigenvalue weighted by Gasteiger charge is 2.33. The van der Waals surface area contributed by atoms with Gasteiger partial charge in [0.25, 0.3) is 0 Å². The molecule has 254 valence electrons. The summed E-state index contributed by atoms with van der Waals surface area (Å²) in [5.41, 5.74) is 6.35. The highest BCUT2D eigenvalue weighted by Crippen LogP contribution is 2.30. The third kappa shape index (κ3) is 10.6. The van der Waals surface area contributed by atoms with Crippen molar-refractivity contribution in [3.63, 3.8) is 0 Å². The van der Waals surface area contributed by atoms with Crippen molar-refractivity contribution >= 4 is 17.5 Å². The first-order chi connectivity index (χ1) is 22.9. The van der Waals surface area contributed by atoms with Crippen LogP contribution in [0.15, 0.2) is 72.8 Å². The number of hydrogen-bond acceptors (Lipinski definition) is 6. The average molecular weight is 641 g/mol. The molecule has 0 aliphatic carbocycles. The number of likely N-dealkylation sites (tertiary alicyclic amines) is 2. The molecule has 2 aliphatic heterocycles. The molecule has 7 nitrogen and oxygen atoms in total. The Morgan fingerprint density at radius 3 is 2.26 bits per heavy atom. The molecule has 47 heavy (non-hydrogen) atoms. The lowest BCUT2D eigenvalue weighted by Crippen LogP contribution is -2.46. The van der Waals surface area contributed by atoms with Gasteiger partial charge < -0.3 is 19.7 Å². The minimum Gasteiger partial charge on any atom is -0.443 e. The van der Waals surface area contributed by atoms with E-state index >= 15 is 0 Å². The highest BCUT2D eigenvalue weighted by molar-refractivity contribution is 5.91. The number of aryl methyl sites for hydroxylation is 2. The standard InChI is InChI=1S/C40H56N4O3/c1-32-15-13-16-33(2)38(32)41-31-35-19-14-26-44(35)25-10-12-30-46-29-11-9-24-43-27-22-40(3,23-28-43)47-39(45)42-37-21-8-7-20-36(37)34-17-5-4-6-18-34/h4-8,13,15-18,20-21,35,41H,9-12,14,19,22-31H2,1-3H3,(H,42,45)/t35-/m0/s1. The molecular weight excluding hydrogens is 584 g/mol. The number of carbonyl (C=O) groups is 1. The zero-order valence-electron chi connectivity index (χ0n) is 28.9. The fraction of sp³-hybridized carbons (Fsp3) is 0.525. The van der Waals surface area contributed by atoms with Crippen molar-refractivity contribution in [2.24, 2.45) is 0 Å². The summed E-state index contributed by atoms with van der Waals surface area (Å²) in [5.74, 6) is 0. The number of nitrogens with one attached hydrogen (secondary N) is 2. The zero-order valence-corrected chi connectivity index (χ0v) is 28.9. The largest absolute Gasteiger partial charge is 0.443 e. The molecule has 3 aromatic carbocycles. The summed E-state index contributed by atoms with van der Waals surface area (Å²) in [5, 5.41) is 6.74. The van der Waals surface area contributed by atoms with E-state index < -0.39 is 5.60 Å². The third-order valence-corrected chi connectivity index (χ3v) is 9.99. The van der Waals surface area contributed by atoms with Crippen LogP contribution in [-0.2, 0) is 9.47 Å². The number of benzene rings is 3. The molecule has 0 aromatic heterocycles. The lowest BCUT2D eigenvalue weighted by atomic mass is 9.93. The molecule has 2 aliphatic rings. The first-order valence-corrected chi connectivity index (χ1v) is 17.9. The van der Waals surface area contributed by atoms with E-state index in [4.69, 9.17) is 9.47 Å². The van der Waals surface area contributed by atoms with Gasteiger partial charge in [-0.05, 0) is 115 Å². The van der Waals surface area contributed by atoms with E-state index in [9.17, 15) is 4.79 Å². The van der Waals surface area contributed by atoms with Gasteiger partial charge in [-0.25, -0.2) is 4.79 Å². The molecule has 0 bridgehead atoms. The van der Waals surface area contributed by atoms with Crippen molar-refractivity contribution in [1.82, 2.24) is 9.80 Å². The van der Waals surface area contributed by atoms with E-state index in [1.165, 1.54) is 49.2 Å². The van der Waals surface area contributed by atoms with Crippen LogP contribution in [0.5, 0.6) is 0 Å². The van der Waals surface area contributed by atoms with Crippen molar-refractivity contribution in [3.8, 4) is 11.1 Å². The Morgan fingerprint density at radius 2 is 1.51 bits per heavy atom. The number of rotatable bonds is 16. The van der Waals surface area contributed by atoms with Gasteiger partial charge in [-0.15, -0.1) is 0 Å². The van der Waals surface area contributed by atoms with Crippen molar-refractivity contribution in [2.45, 2.75) is 83.8 Å². The Kier molecular flexibility index (Phi) is 13.1. The van der Waals surface area contributed by atoms with E-state index in [0.29, 0.717) is 6.04 Å². The number of nitrogens with zero attached hydrogens (tertiary/aromatic N) is 2. The minimum atomic E-state index is -0.447. The van der Waals surface area contributed by atoms with Crippen LogP contribution in [0.3, 0.4) is 0 Å². The molecule has 1 amide bonds. The third-order valence-electron chi connectivity index (χ3n) is 9.99. The van der Waals surface area contributed by atoms with Crippen molar-refractivity contribution < 1.29 is 14.3 Å². The highest BCUT2D eigenvalue weighted by atomic mass is 16.6. The number of ether oxygens (including phenoxy) is 2. The van der Waals surface area contributed by atoms with Crippen molar-refractivity contribution in [3.05, 3.63) is 83.9 Å². The summed E-state index contributed by atoms with van der Waals surface area (Å²) in [6.45, 7) is 14.5. The fourth-order valence-corrected chi connectivity index (χ4v) is 7.07. The number of anilines is 2. The van der Waals surface area contributed by atoms with Gasteiger partial charge in [-0.2, -0.15) is 0 Å². The molecular formula is C40H56N4O3. The second-order valence-electron chi connectivity index (χ2n) is 13.7. The summed E-state index contributed by atoms with van der Waals surface area (Å²) >= 11 is 0. The van der Waals surface area contributed by atoms with Crippen LogP contribution >= 0.6 is 0 Å². The summed E-state index contributed by atoms with van der Waals surface area (Å²) in [4.78, 5) is 18.1. The normalized spacial score (nSPS) is 18.2. The maximum atomic E-state index is 12.9. The monoisotopic (exact) mass is 640 g/mol. The van der Waals surface area contributed by atoms with E-state index in [2.05, 4.69) is 59.4 Å². The molecule has 0 unspecified atom stereocenters. The first-order valence-electron chi connectivity index (χ1n) is 17.9. The second-order valence-corrected chi connectivity index (χ2v) is 13.7. The average Bonchev–Trinajstić information content (AvgIpc) is 3.52. The van der Waals surface area contributed by atoms with Crippen LogP contribution in [-0.4, -0.2) is 80.0 Å². The van der Waals surface area contributed by atoms with E-state index in [1.54, 1.807) is 0 Å². The minimum absolute atomic E-state index is 0.382. The van der Waals surface area contributed by atoms with Gasteiger partial charge in [-0.1, -0.05) is 66.7 Å². The summed E-state index contributed by atoms with van der Waals surface area (Å²) < 4.78 is 12.0. The Morgan fingerprint density at radius 1 is 0.830 bits per heavy atom. The molecule has 0 radical (unpaired) electrons. The maximum Gasteiger partial charge on any atom is 0.412 e. The van der Waals surface area contributed by atoms with Crippen LogP contribution in [0.1, 0.15) is 69.4 Å². The molecule has 3 aromatic rings. The number of para-hydroxylation sites is 2. The molecule has 2 saturated heterocycles. The van der Waals surface area contributed by atoms with Gasteiger partial charge >= 0.3 is 6.09 Å². The molecule has 1 atom stereocenters. The quantitative estimate of drug-likeness (QED) is 0.153. The molecule has 2 heterocycles. The second kappa shape index (κ2) is 17.7. The van der Waals surface area contributed by atoms with Gasteiger partial charge in [0.2, 0.25) is 0 Å². The van der Waals surface area contributed by atoms with Crippen LogP contribution in [0.2, 0.25) is 0 Å². The molecule has 7 heteroatoms. The Hall–Kier alpha value is -3.39. The molecule has 0 spiro atoms. The Balaban J connectivity index is 0.897. The Labute approximate surface area is 283 Å². The topological polar surface area (TPSA) is 66.1 Å². The predicted octanol–water partition coefficient (Wildman–Crippen LogP) is 8.53. The molecule has 2 N–H and O–H groups in total. The SMILES string of the molecule is Cc1cccc(C)c1NC[C@@H]1CCCN1CCCCOCCCCN1CCC(C)(OC(=O)Nc2ccccc2-c2ccccc2)CC1. The summed E-state index contributed by atoms with van der Waals surface area (Å²) in [7, 11) is 0. The van der Waals surface area contributed by atoms with Crippen LogP contribution in [0.25, 0.3) is 11.1 Å². The van der Waals surface area contributed by atoms with Crippen LogP contribution in [0, 0.1) is 13.8 Å². The van der Waals surface area contributed by atoms with Crippen LogP contribution < -0.4 is 10.6 Å². The van der Waals surface area contributed by atoms with E-state index in [1.807, 2.05) is 54.6 Å². The number of amides is 1. The molecule has 5 rings (SSSR count). The van der Waals surface area contributed by atoms with Gasteiger partial charge in [0.15, 0.2) is 0 Å². The van der Waals surface area contributed by atoms with Crippen LogP contribution in [0.4, 0.5) is 16.2 Å². The van der Waals surface area contributed by atoms with Gasteiger partial charge in [0, 0.05) is 50.1 Å². The van der Waals surface area contributed by atoms with E-state index in [0.717, 1.165) is 88.3 Å². The lowest BCUT2D eigenvalue weighted by Gasteiger charge is -2.38. The molecule has 0 saturated carbocycles. The summed E-state index contributed by atoms with van der Waals surface area (Å²) in [6, 6.07) is 25.1. The summed E-state index contributed by atoms with van der Waals surface area (Å²) in [6.07, 6.45) is 8.45. The number of hydrogen-bond donors (Lipinski definition) is 2. The Bertz CT molecular complexity index is 1370. The molecule has 2 fully saturated rings. The number of piperidine rings is 1. The fourth-order valence-electron chi connectivity index (χ4n) is 7.07. The van der Waals surface area contributed by atoms with Crippen molar-refractivity contribution in [2.75, 3.05) is 63.1 Å². The smallest absolute Gasteiger partial charge is 0.412 e. The lowest BCUT2D eigenvalue weighted by molar-refractivity contribution is -0.0166. The van der Waals surface area contributed by atoms with Crippen molar-refractivity contribution in [1.29, 1.82) is 0 Å². The predicted molar refractivity (Wildman–Crippen MR) is 194 cm³/mol. The number of unbranched alkanes of at least 4 members (excludes halogenated alkanes) is 2. The first kappa shape index (κ1) is 34.9. The number of carbonyl (C=O) groups excluding carboxylic acids is 1.